The topological polar surface area (TPSA) is 130 Å². The SMILES string of the molecule is C=C(C)[C@@H]1CC[C@]2(C(=O)NCCCCCCCC(=O)O)CC[C@]3(C)[C@H](CC[C@@H]4[C@@]5(C)CC[C@H](OC(=O)CC(C)(C)C(=O)O)C(C)(C)[C@@H]5CC[C@]43C)[C@@H]12. The number of carbonyl (C=O) groups is 4. The third-order valence-corrected chi connectivity index (χ3v) is 16.8. The summed E-state index contributed by atoms with van der Waals surface area (Å²) in [6.07, 6.45) is 14.8. The van der Waals surface area contributed by atoms with E-state index in [4.69, 9.17) is 9.84 Å². The van der Waals surface area contributed by atoms with Crippen molar-refractivity contribution in [1.29, 1.82) is 0 Å². The number of carboxylic acid groups (broad SMARTS) is 2. The molecule has 52 heavy (non-hydrogen) atoms. The van der Waals surface area contributed by atoms with Gasteiger partial charge in [-0.05, 0) is 144 Å². The molecular formula is C44H71NO7. The van der Waals surface area contributed by atoms with E-state index in [1.54, 1.807) is 13.8 Å². The molecule has 0 bridgehead atoms. The van der Waals surface area contributed by atoms with Crippen molar-refractivity contribution >= 4 is 23.8 Å². The zero-order valence-corrected chi connectivity index (χ0v) is 33.8. The molecule has 0 spiro atoms. The van der Waals surface area contributed by atoms with Crippen LogP contribution in [0.1, 0.15) is 165 Å². The highest BCUT2D eigenvalue weighted by atomic mass is 16.5. The highest BCUT2D eigenvalue weighted by Gasteiger charge is 2.72. The van der Waals surface area contributed by atoms with Gasteiger partial charge in [-0.2, -0.15) is 0 Å². The molecule has 1 amide bonds. The first-order valence-corrected chi connectivity index (χ1v) is 20.8. The molecule has 5 rings (SSSR count). The number of carbonyl (C=O) groups excluding carboxylic acids is 2. The quantitative estimate of drug-likeness (QED) is 0.0924. The Hall–Kier alpha value is -2.38. The number of carboxylic acids is 2. The lowest BCUT2D eigenvalue weighted by molar-refractivity contribution is -0.249. The van der Waals surface area contributed by atoms with E-state index in [0.717, 1.165) is 96.3 Å². The van der Waals surface area contributed by atoms with Gasteiger partial charge in [-0.1, -0.05) is 66.0 Å². The lowest BCUT2D eigenvalue weighted by Gasteiger charge is -2.72. The summed E-state index contributed by atoms with van der Waals surface area (Å²) in [4.78, 5) is 50.0. The van der Waals surface area contributed by atoms with Gasteiger partial charge in [0.25, 0.3) is 0 Å². The molecule has 0 aromatic carbocycles. The molecule has 5 saturated carbocycles. The Kier molecular flexibility index (Phi) is 11.5. The number of esters is 1. The van der Waals surface area contributed by atoms with Gasteiger partial charge in [0.1, 0.15) is 6.10 Å². The molecular weight excluding hydrogens is 654 g/mol. The van der Waals surface area contributed by atoms with Gasteiger partial charge < -0.3 is 20.3 Å². The van der Waals surface area contributed by atoms with Crippen molar-refractivity contribution in [3.8, 4) is 0 Å². The molecule has 294 valence electrons. The number of fused-ring (bicyclic) bond motifs is 7. The number of hydrogen-bond acceptors (Lipinski definition) is 5. The number of amides is 1. The van der Waals surface area contributed by atoms with Gasteiger partial charge in [-0.3, -0.25) is 19.2 Å². The van der Waals surface area contributed by atoms with E-state index < -0.39 is 23.3 Å². The van der Waals surface area contributed by atoms with E-state index in [1.807, 2.05) is 0 Å². The van der Waals surface area contributed by atoms with Crippen LogP contribution < -0.4 is 5.32 Å². The van der Waals surface area contributed by atoms with Crippen LogP contribution in [0.15, 0.2) is 12.2 Å². The van der Waals surface area contributed by atoms with E-state index in [0.29, 0.717) is 36.1 Å². The molecule has 0 radical (unpaired) electrons. The van der Waals surface area contributed by atoms with Crippen LogP contribution >= 0.6 is 0 Å². The van der Waals surface area contributed by atoms with E-state index in [2.05, 4.69) is 53.4 Å². The lowest BCUT2D eigenvalue weighted by Crippen LogP contribution is -2.67. The third-order valence-electron chi connectivity index (χ3n) is 16.8. The Morgan fingerprint density at radius 2 is 1.46 bits per heavy atom. The van der Waals surface area contributed by atoms with E-state index in [-0.39, 0.29) is 51.9 Å². The molecule has 0 aliphatic heterocycles. The molecule has 10 atom stereocenters. The molecule has 0 aromatic heterocycles. The average molecular weight is 726 g/mol. The maximum atomic E-state index is 14.4. The van der Waals surface area contributed by atoms with Gasteiger partial charge in [-0.15, -0.1) is 0 Å². The van der Waals surface area contributed by atoms with Crippen molar-refractivity contribution in [2.24, 2.45) is 62.1 Å². The Labute approximate surface area is 314 Å². The summed E-state index contributed by atoms with van der Waals surface area (Å²) in [5.74, 6) is 0.229. The van der Waals surface area contributed by atoms with Gasteiger partial charge in [-0.25, -0.2) is 0 Å². The van der Waals surface area contributed by atoms with Gasteiger partial charge in [0, 0.05) is 18.4 Å². The highest BCUT2D eigenvalue weighted by Crippen LogP contribution is 2.77. The minimum Gasteiger partial charge on any atom is -0.481 e. The molecule has 5 aliphatic carbocycles. The monoisotopic (exact) mass is 726 g/mol. The van der Waals surface area contributed by atoms with Crippen molar-refractivity contribution < 1.29 is 34.1 Å². The molecule has 8 nitrogen and oxygen atoms in total. The Morgan fingerprint density at radius 1 is 0.788 bits per heavy atom. The van der Waals surface area contributed by atoms with Crippen LogP contribution in [0, 0.1) is 62.1 Å². The number of hydrogen-bond donors (Lipinski definition) is 3. The van der Waals surface area contributed by atoms with Crippen molar-refractivity contribution in [2.75, 3.05) is 6.54 Å². The number of allylic oxidation sites excluding steroid dienone is 1. The van der Waals surface area contributed by atoms with Crippen LogP contribution in [0.25, 0.3) is 0 Å². The van der Waals surface area contributed by atoms with E-state index in [1.165, 1.54) is 5.57 Å². The van der Waals surface area contributed by atoms with Gasteiger partial charge in [0.2, 0.25) is 5.91 Å². The number of ether oxygens (including phenoxy) is 1. The molecule has 3 N–H and O–H groups in total. The maximum absolute atomic E-state index is 14.4. The fraction of sp³-hybridized carbons (Fsp3) is 0.864. The fourth-order valence-corrected chi connectivity index (χ4v) is 13.7. The molecule has 5 aliphatic rings. The van der Waals surface area contributed by atoms with Crippen LogP contribution in [-0.2, 0) is 23.9 Å². The molecule has 0 unspecified atom stereocenters. The van der Waals surface area contributed by atoms with Crippen LogP contribution in [-0.4, -0.2) is 46.7 Å². The van der Waals surface area contributed by atoms with Crippen LogP contribution in [0.5, 0.6) is 0 Å². The summed E-state index contributed by atoms with van der Waals surface area (Å²) < 4.78 is 6.17. The number of nitrogens with one attached hydrogen (secondary N) is 1. The van der Waals surface area contributed by atoms with Crippen LogP contribution in [0.3, 0.4) is 0 Å². The van der Waals surface area contributed by atoms with Crippen molar-refractivity contribution in [1.82, 2.24) is 5.32 Å². The summed E-state index contributed by atoms with van der Waals surface area (Å²) in [7, 11) is 0. The standard InChI is InChI=1S/C44H71NO7/c1-28(2)29-18-23-44(37(49)45-26-14-12-10-11-13-15-34(46)47)25-24-42(8)30(36(29)44)16-17-32-41(7)21-20-33(52-35(48)27-39(3,4)38(50)51)40(5,6)31(41)19-22-43(32,42)9/h29-33,36H,1,10-27H2,2-9H3,(H,45,49)(H,46,47)(H,50,51)/t29-,30+,31-,32+,33-,36+,41-,42+,43+,44-/m0/s1. The predicted molar refractivity (Wildman–Crippen MR) is 203 cm³/mol. The van der Waals surface area contributed by atoms with Gasteiger partial charge >= 0.3 is 17.9 Å². The fourth-order valence-electron chi connectivity index (χ4n) is 13.7. The summed E-state index contributed by atoms with van der Waals surface area (Å²) >= 11 is 0. The second-order valence-corrected chi connectivity index (χ2v) is 20.2. The Bertz CT molecular complexity index is 1400. The summed E-state index contributed by atoms with van der Waals surface area (Å²) in [5.41, 5.74) is -0.119. The minimum atomic E-state index is -1.16. The Balaban J connectivity index is 1.31. The van der Waals surface area contributed by atoms with Gasteiger partial charge in [0.05, 0.1) is 17.3 Å². The van der Waals surface area contributed by atoms with Crippen LogP contribution in [0.2, 0.25) is 0 Å². The smallest absolute Gasteiger partial charge is 0.309 e. The first-order valence-electron chi connectivity index (χ1n) is 20.8. The number of aliphatic carboxylic acids is 2. The minimum absolute atomic E-state index is 0.108. The average Bonchev–Trinajstić information content (AvgIpc) is 3.45. The van der Waals surface area contributed by atoms with Crippen molar-refractivity contribution in [2.45, 2.75) is 171 Å². The predicted octanol–water partition coefficient (Wildman–Crippen LogP) is 9.60. The largest absolute Gasteiger partial charge is 0.481 e. The van der Waals surface area contributed by atoms with Gasteiger partial charge in [0.15, 0.2) is 0 Å². The first kappa shape index (κ1) is 40.8. The van der Waals surface area contributed by atoms with E-state index >= 15 is 0 Å². The molecule has 0 heterocycles. The highest BCUT2D eigenvalue weighted by molar-refractivity contribution is 5.84. The van der Waals surface area contributed by atoms with Crippen LogP contribution in [0.4, 0.5) is 0 Å². The second-order valence-electron chi connectivity index (χ2n) is 20.2. The maximum Gasteiger partial charge on any atom is 0.309 e. The van der Waals surface area contributed by atoms with Crippen molar-refractivity contribution in [3.05, 3.63) is 12.2 Å². The summed E-state index contributed by atoms with van der Waals surface area (Å²) in [6.45, 7) is 22.9. The zero-order valence-electron chi connectivity index (χ0n) is 33.8. The summed E-state index contributed by atoms with van der Waals surface area (Å²) in [6, 6.07) is 0. The number of rotatable bonds is 14. The molecule has 8 heteroatoms. The third kappa shape index (κ3) is 6.88. The normalized spacial score (nSPS) is 39.2. The zero-order chi connectivity index (χ0) is 38.5. The second kappa shape index (κ2) is 14.7. The molecule has 0 aromatic rings. The first-order chi connectivity index (χ1) is 24.2. The van der Waals surface area contributed by atoms with Crippen molar-refractivity contribution in [3.63, 3.8) is 0 Å². The summed E-state index contributed by atoms with van der Waals surface area (Å²) in [5, 5.41) is 21.9. The molecule has 5 fully saturated rings. The lowest BCUT2D eigenvalue weighted by atomic mass is 9.32. The molecule has 0 saturated heterocycles. The van der Waals surface area contributed by atoms with E-state index in [9.17, 15) is 24.3 Å². The Morgan fingerprint density at radius 3 is 2.12 bits per heavy atom. The number of unbranched alkanes of at least 4 members (excludes halogenated alkanes) is 4.